The molecule has 21 heavy (non-hydrogen) atoms. The number of thiazole rings is 1. The van der Waals surface area contributed by atoms with E-state index in [-0.39, 0.29) is 0 Å². The first-order valence-electron chi connectivity index (χ1n) is 7.88. The number of aryl methyl sites for hydroxylation is 1. The first-order chi connectivity index (χ1) is 10.4. The third-order valence-corrected chi connectivity index (χ3v) is 5.18. The number of hydrogen-bond acceptors (Lipinski definition) is 4. The fraction of sp³-hybridized carbons (Fsp3) is 0.471. The van der Waals surface area contributed by atoms with Crippen molar-refractivity contribution in [2.45, 2.75) is 44.8 Å². The molecule has 1 fully saturated rings. The highest BCUT2D eigenvalue weighted by molar-refractivity contribution is 7.09. The van der Waals surface area contributed by atoms with E-state index >= 15 is 0 Å². The lowest BCUT2D eigenvalue weighted by molar-refractivity contribution is 0.670. The van der Waals surface area contributed by atoms with Crippen molar-refractivity contribution < 1.29 is 0 Å². The molecule has 1 aromatic carbocycles. The van der Waals surface area contributed by atoms with Crippen molar-refractivity contribution in [3.8, 4) is 0 Å². The first kappa shape index (κ1) is 13.3. The summed E-state index contributed by atoms with van der Waals surface area (Å²) in [6, 6.07) is 9.55. The summed E-state index contributed by atoms with van der Waals surface area (Å²) in [5.74, 6) is 0. The van der Waals surface area contributed by atoms with E-state index in [1.165, 1.54) is 47.6 Å². The maximum Gasteiger partial charge on any atom is 0.107 e. The van der Waals surface area contributed by atoms with E-state index in [1.54, 1.807) is 11.3 Å². The molecule has 1 aliphatic heterocycles. The molecule has 2 aromatic rings. The van der Waals surface area contributed by atoms with Crippen molar-refractivity contribution in [3.63, 3.8) is 0 Å². The van der Waals surface area contributed by atoms with Gasteiger partial charge >= 0.3 is 0 Å². The normalized spacial score (nSPS) is 17.8. The molecular weight excluding hydrogens is 278 g/mol. The lowest BCUT2D eigenvalue weighted by Crippen LogP contribution is -2.28. The maximum atomic E-state index is 4.79. The lowest BCUT2D eigenvalue weighted by Gasteiger charge is -2.30. The van der Waals surface area contributed by atoms with Crippen LogP contribution >= 0.6 is 11.3 Å². The van der Waals surface area contributed by atoms with Crippen molar-refractivity contribution in [2.75, 3.05) is 11.4 Å². The summed E-state index contributed by atoms with van der Waals surface area (Å²) in [5.41, 5.74) is 4.09. The molecule has 2 aliphatic rings. The molecular formula is C17H21N3S. The Bertz CT molecular complexity index is 618. The zero-order chi connectivity index (χ0) is 14.1. The Labute approximate surface area is 130 Å². The highest BCUT2D eigenvalue weighted by atomic mass is 32.1. The predicted molar refractivity (Wildman–Crippen MR) is 87.8 cm³/mol. The summed E-state index contributed by atoms with van der Waals surface area (Å²) in [6.45, 7) is 3.02. The van der Waals surface area contributed by atoms with E-state index < -0.39 is 0 Å². The molecule has 4 rings (SSSR count). The van der Waals surface area contributed by atoms with Crippen LogP contribution in [-0.2, 0) is 19.5 Å². The topological polar surface area (TPSA) is 28.2 Å². The molecule has 0 spiro atoms. The van der Waals surface area contributed by atoms with Crippen LogP contribution in [0.15, 0.2) is 29.6 Å². The minimum Gasteiger partial charge on any atom is -0.365 e. The highest BCUT2D eigenvalue weighted by Gasteiger charge is 2.21. The second kappa shape index (κ2) is 5.78. The monoisotopic (exact) mass is 299 g/mol. The van der Waals surface area contributed by atoms with E-state index in [0.29, 0.717) is 0 Å². The van der Waals surface area contributed by atoms with Crippen LogP contribution in [0.2, 0.25) is 0 Å². The van der Waals surface area contributed by atoms with E-state index in [1.807, 2.05) is 0 Å². The molecule has 1 aromatic heterocycles. The van der Waals surface area contributed by atoms with Gasteiger partial charge in [0.05, 0.1) is 12.2 Å². The number of fused-ring (bicyclic) bond motifs is 1. The smallest absolute Gasteiger partial charge is 0.107 e. The maximum absolute atomic E-state index is 4.79. The Kier molecular flexibility index (Phi) is 3.65. The van der Waals surface area contributed by atoms with Crippen LogP contribution in [0.3, 0.4) is 0 Å². The lowest BCUT2D eigenvalue weighted by atomic mass is 10.0. The second-order valence-electron chi connectivity index (χ2n) is 6.04. The van der Waals surface area contributed by atoms with Gasteiger partial charge in [-0.1, -0.05) is 18.2 Å². The largest absolute Gasteiger partial charge is 0.365 e. The Hall–Kier alpha value is -1.39. The number of nitrogens with one attached hydrogen (secondary N) is 1. The molecule has 0 saturated heterocycles. The fourth-order valence-corrected chi connectivity index (χ4v) is 3.73. The van der Waals surface area contributed by atoms with E-state index in [9.17, 15) is 0 Å². The Morgan fingerprint density at radius 3 is 3.10 bits per heavy atom. The van der Waals surface area contributed by atoms with Crippen LogP contribution in [0.5, 0.6) is 0 Å². The minimum atomic E-state index is 0.756. The Morgan fingerprint density at radius 2 is 2.19 bits per heavy atom. The minimum absolute atomic E-state index is 0.756. The second-order valence-corrected chi connectivity index (χ2v) is 6.98. The third kappa shape index (κ3) is 3.11. The zero-order valence-corrected chi connectivity index (χ0v) is 13.0. The molecule has 1 saturated carbocycles. The van der Waals surface area contributed by atoms with Crippen LogP contribution in [0, 0.1) is 0 Å². The van der Waals surface area contributed by atoms with Gasteiger partial charge in [0.1, 0.15) is 5.01 Å². The summed E-state index contributed by atoms with van der Waals surface area (Å²) in [4.78, 5) is 7.27. The molecule has 1 N–H and O–H groups in total. The van der Waals surface area contributed by atoms with Crippen molar-refractivity contribution in [1.82, 2.24) is 10.3 Å². The zero-order valence-electron chi connectivity index (χ0n) is 12.2. The number of hydrogen-bond donors (Lipinski definition) is 1. The Balaban J connectivity index is 1.44. The van der Waals surface area contributed by atoms with Gasteiger partial charge in [0.25, 0.3) is 0 Å². The van der Waals surface area contributed by atoms with E-state index in [0.717, 1.165) is 25.7 Å². The number of rotatable bonds is 5. The van der Waals surface area contributed by atoms with Gasteiger partial charge in [-0.3, -0.25) is 0 Å². The number of aromatic nitrogens is 1. The summed E-state index contributed by atoms with van der Waals surface area (Å²) in [5, 5.41) is 6.99. The number of para-hydroxylation sites is 1. The van der Waals surface area contributed by atoms with Crippen molar-refractivity contribution in [1.29, 1.82) is 0 Å². The van der Waals surface area contributed by atoms with Crippen LogP contribution in [0.1, 0.15) is 35.5 Å². The van der Waals surface area contributed by atoms with Gasteiger partial charge in [0.2, 0.25) is 0 Å². The van der Waals surface area contributed by atoms with Crippen LogP contribution in [-0.4, -0.2) is 17.6 Å². The van der Waals surface area contributed by atoms with Gasteiger partial charge < -0.3 is 10.2 Å². The summed E-state index contributed by atoms with van der Waals surface area (Å²) >= 11 is 1.79. The van der Waals surface area contributed by atoms with Gasteiger partial charge in [-0.25, -0.2) is 4.98 Å². The standard InChI is InChI=1S/C17H21N3S/c1-2-6-16-13(4-1)5-3-9-20(16)11-15-12-21-17(19-15)10-18-14-7-8-14/h1-2,4,6,12,14,18H,3,5,7-11H2. The molecule has 1 aliphatic carbocycles. The van der Waals surface area contributed by atoms with Crippen molar-refractivity contribution in [3.05, 3.63) is 45.9 Å². The summed E-state index contributed by atoms with van der Waals surface area (Å²) in [7, 11) is 0. The number of anilines is 1. The van der Waals surface area contributed by atoms with Crippen LogP contribution in [0.25, 0.3) is 0 Å². The highest BCUT2D eigenvalue weighted by Crippen LogP contribution is 2.28. The van der Waals surface area contributed by atoms with Crippen molar-refractivity contribution in [2.24, 2.45) is 0 Å². The number of benzene rings is 1. The summed E-state index contributed by atoms with van der Waals surface area (Å²) < 4.78 is 0. The van der Waals surface area contributed by atoms with Gasteiger partial charge in [-0.05, 0) is 37.3 Å². The molecule has 0 atom stereocenters. The average Bonchev–Trinajstić information content (AvgIpc) is 3.25. The summed E-state index contributed by atoms with van der Waals surface area (Å²) in [6.07, 6.45) is 5.13. The third-order valence-electron chi connectivity index (χ3n) is 4.28. The molecule has 0 bridgehead atoms. The average molecular weight is 299 g/mol. The molecule has 110 valence electrons. The molecule has 3 nitrogen and oxygen atoms in total. The first-order valence-corrected chi connectivity index (χ1v) is 8.76. The molecule has 0 amide bonds. The van der Waals surface area contributed by atoms with Gasteiger partial charge in [-0.15, -0.1) is 11.3 Å². The predicted octanol–water partition coefficient (Wildman–Crippen LogP) is 3.35. The van der Waals surface area contributed by atoms with Crippen LogP contribution in [0.4, 0.5) is 5.69 Å². The van der Waals surface area contributed by atoms with Crippen molar-refractivity contribution >= 4 is 17.0 Å². The van der Waals surface area contributed by atoms with Crippen LogP contribution < -0.4 is 10.2 Å². The van der Waals surface area contributed by atoms with Gasteiger partial charge in [-0.2, -0.15) is 0 Å². The molecule has 2 heterocycles. The molecule has 4 heteroatoms. The SMILES string of the molecule is c1ccc2c(c1)CCCN2Cc1csc(CNC2CC2)n1. The number of nitrogens with zero attached hydrogens (tertiary/aromatic N) is 2. The van der Waals surface area contributed by atoms with Gasteiger partial charge in [0, 0.05) is 30.2 Å². The molecule has 0 unspecified atom stereocenters. The fourth-order valence-electron chi connectivity index (χ4n) is 2.99. The quantitative estimate of drug-likeness (QED) is 0.917. The van der Waals surface area contributed by atoms with E-state index in [2.05, 4.69) is 39.9 Å². The van der Waals surface area contributed by atoms with E-state index in [4.69, 9.17) is 4.98 Å². The Morgan fingerprint density at radius 1 is 1.29 bits per heavy atom. The van der Waals surface area contributed by atoms with Gasteiger partial charge in [0.15, 0.2) is 0 Å². The molecule has 0 radical (unpaired) electrons.